The Labute approximate surface area is 173 Å². The van der Waals surface area contributed by atoms with Crippen molar-refractivity contribution in [3.8, 4) is 17.0 Å². The van der Waals surface area contributed by atoms with E-state index in [4.69, 9.17) is 16.3 Å². The standard InChI is InChI=1S/C22H21ClFN3O2/c1-2-27(12-11-14-7-9-18(24)17(23)13-14)22(28)29-21-20-16-6-4-3-5-15(16)8-10-19(20)25-26-21/h3-7,9,13H,2,8,10-12H2,1H3,(H,25,26). The Balaban J connectivity index is 1.48. The van der Waals surface area contributed by atoms with Gasteiger partial charge in [-0.1, -0.05) is 41.9 Å². The van der Waals surface area contributed by atoms with E-state index in [0.29, 0.717) is 25.4 Å². The number of likely N-dealkylation sites (N-methyl/N-ethyl adjacent to an activating group) is 1. The van der Waals surface area contributed by atoms with Crippen molar-refractivity contribution in [2.75, 3.05) is 13.1 Å². The van der Waals surface area contributed by atoms with Gasteiger partial charge < -0.3 is 9.64 Å². The average Bonchev–Trinajstić information content (AvgIpc) is 3.14. The summed E-state index contributed by atoms with van der Waals surface area (Å²) in [5.74, 6) is -0.0769. The fourth-order valence-electron chi connectivity index (χ4n) is 3.62. The van der Waals surface area contributed by atoms with Crippen LogP contribution in [0.15, 0.2) is 42.5 Å². The maximum absolute atomic E-state index is 13.3. The van der Waals surface area contributed by atoms with Gasteiger partial charge in [-0.05, 0) is 55.0 Å². The van der Waals surface area contributed by atoms with Crippen molar-refractivity contribution < 1.29 is 13.9 Å². The molecule has 150 valence electrons. The Hall–Kier alpha value is -2.86. The van der Waals surface area contributed by atoms with Gasteiger partial charge in [-0.3, -0.25) is 0 Å². The van der Waals surface area contributed by atoms with E-state index in [-0.39, 0.29) is 5.02 Å². The average molecular weight is 414 g/mol. The number of aryl methyl sites for hydroxylation is 2. The molecule has 29 heavy (non-hydrogen) atoms. The number of amides is 1. The zero-order chi connectivity index (χ0) is 20.4. The summed E-state index contributed by atoms with van der Waals surface area (Å²) < 4.78 is 19.0. The molecule has 3 aromatic rings. The van der Waals surface area contributed by atoms with Gasteiger partial charge in [0.1, 0.15) is 5.82 Å². The second-order valence-electron chi connectivity index (χ2n) is 6.98. The first-order valence-electron chi connectivity index (χ1n) is 9.63. The molecule has 0 unspecified atom stereocenters. The number of ether oxygens (including phenoxy) is 1. The van der Waals surface area contributed by atoms with Crippen molar-refractivity contribution in [1.82, 2.24) is 15.1 Å². The SMILES string of the molecule is CCN(CCc1ccc(F)c(Cl)c1)C(=O)Oc1[nH]nc2c1-c1ccccc1CC2. The summed E-state index contributed by atoms with van der Waals surface area (Å²) in [6, 6.07) is 12.7. The maximum Gasteiger partial charge on any atom is 0.416 e. The molecule has 0 saturated heterocycles. The lowest BCUT2D eigenvalue weighted by Crippen LogP contribution is -2.35. The van der Waals surface area contributed by atoms with E-state index in [2.05, 4.69) is 16.3 Å². The number of carbonyl (C=O) groups excluding carboxylic acids is 1. The largest absolute Gasteiger partial charge is 0.416 e. The summed E-state index contributed by atoms with van der Waals surface area (Å²) in [5.41, 5.74) is 4.90. The van der Waals surface area contributed by atoms with Crippen LogP contribution in [-0.4, -0.2) is 34.3 Å². The molecule has 1 amide bonds. The molecule has 5 nitrogen and oxygen atoms in total. The highest BCUT2D eigenvalue weighted by atomic mass is 35.5. The number of nitrogens with one attached hydrogen (secondary N) is 1. The van der Waals surface area contributed by atoms with Crippen LogP contribution in [0.4, 0.5) is 9.18 Å². The van der Waals surface area contributed by atoms with Gasteiger partial charge in [0.05, 0.1) is 16.3 Å². The summed E-state index contributed by atoms with van der Waals surface area (Å²) >= 11 is 5.84. The zero-order valence-corrected chi connectivity index (χ0v) is 16.8. The van der Waals surface area contributed by atoms with Crippen LogP contribution in [0.25, 0.3) is 11.1 Å². The van der Waals surface area contributed by atoms with Crippen molar-refractivity contribution >= 4 is 17.7 Å². The van der Waals surface area contributed by atoms with Crippen LogP contribution < -0.4 is 4.74 Å². The molecule has 1 heterocycles. The van der Waals surface area contributed by atoms with Gasteiger partial charge in [-0.2, -0.15) is 5.10 Å². The van der Waals surface area contributed by atoms with Gasteiger partial charge >= 0.3 is 6.09 Å². The second kappa shape index (κ2) is 8.25. The first-order valence-corrected chi connectivity index (χ1v) is 10.0. The molecule has 1 aliphatic carbocycles. The number of aromatic amines is 1. The Morgan fingerprint density at radius 1 is 1.28 bits per heavy atom. The third kappa shape index (κ3) is 3.98. The molecule has 0 aliphatic heterocycles. The van der Waals surface area contributed by atoms with E-state index < -0.39 is 11.9 Å². The van der Waals surface area contributed by atoms with Crippen molar-refractivity contribution in [2.24, 2.45) is 0 Å². The summed E-state index contributed by atoms with van der Waals surface area (Å²) in [7, 11) is 0. The van der Waals surface area contributed by atoms with Crippen molar-refractivity contribution in [3.63, 3.8) is 0 Å². The number of H-pyrrole nitrogens is 1. The van der Waals surface area contributed by atoms with Gasteiger partial charge in [0.15, 0.2) is 0 Å². The number of carbonyl (C=O) groups is 1. The molecule has 0 spiro atoms. The smallest absolute Gasteiger partial charge is 0.391 e. The van der Waals surface area contributed by atoms with E-state index >= 15 is 0 Å². The summed E-state index contributed by atoms with van der Waals surface area (Å²) in [6.45, 7) is 2.81. The second-order valence-corrected chi connectivity index (χ2v) is 7.38. The van der Waals surface area contributed by atoms with Gasteiger partial charge in [-0.15, -0.1) is 0 Å². The summed E-state index contributed by atoms with van der Waals surface area (Å²) in [5, 5.41) is 7.29. The number of hydrogen-bond donors (Lipinski definition) is 1. The molecule has 1 aromatic heterocycles. The lowest BCUT2D eigenvalue weighted by atomic mass is 9.90. The first-order chi connectivity index (χ1) is 14.1. The van der Waals surface area contributed by atoms with E-state index in [0.717, 1.165) is 35.2 Å². The Morgan fingerprint density at radius 2 is 2.10 bits per heavy atom. The number of fused-ring (bicyclic) bond motifs is 3. The Morgan fingerprint density at radius 3 is 2.90 bits per heavy atom. The van der Waals surface area contributed by atoms with Crippen LogP contribution in [0.2, 0.25) is 5.02 Å². The number of halogens is 2. The molecule has 1 aliphatic rings. The molecule has 4 rings (SSSR count). The van der Waals surface area contributed by atoms with Gasteiger partial charge in [0.25, 0.3) is 0 Å². The quantitative estimate of drug-likeness (QED) is 0.638. The molecule has 2 aromatic carbocycles. The highest BCUT2D eigenvalue weighted by Crippen LogP contribution is 2.38. The van der Waals surface area contributed by atoms with Crippen molar-refractivity contribution in [3.05, 3.63) is 70.1 Å². The minimum atomic E-state index is -0.452. The minimum absolute atomic E-state index is 0.0795. The predicted molar refractivity (Wildman–Crippen MR) is 110 cm³/mol. The third-order valence-electron chi connectivity index (χ3n) is 5.21. The fraction of sp³-hybridized carbons (Fsp3) is 0.273. The lowest BCUT2D eigenvalue weighted by molar-refractivity contribution is 0.153. The third-order valence-corrected chi connectivity index (χ3v) is 5.50. The van der Waals surface area contributed by atoms with Gasteiger partial charge in [0.2, 0.25) is 5.88 Å². The van der Waals surface area contributed by atoms with E-state index in [1.807, 2.05) is 25.1 Å². The zero-order valence-electron chi connectivity index (χ0n) is 16.0. The number of nitrogens with zero attached hydrogens (tertiary/aromatic N) is 2. The first kappa shape index (κ1) is 19.5. The summed E-state index contributed by atoms with van der Waals surface area (Å²) in [6.07, 6.45) is 1.83. The number of aromatic nitrogens is 2. The Bertz CT molecular complexity index is 1050. The summed E-state index contributed by atoms with van der Waals surface area (Å²) in [4.78, 5) is 14.3. The van der Waals surface area contributed by atoms with Crippen molar-refractivity contribution in [1.29, 1.82) is 0 Å². The molecule has 0 saturated carbocycles. The number of hydrogen-bond acceptors (Lipinski definition) is 3. The predicted octanol–water partition coefficient (Wildman–Crippen LogP) is 5.03. The molecule has 0 radical (unpaired) electrons. The van der Waals surface area contributed by atoms with Crippen LogP contribution in [0.5, 0.6) is 5.88 Å². The Kier molecular flexibility index (Phi) is 5.53. The topological polar surface area (TPSA) is 58.2 Å². The monoisotopic (exact) mass is 413 g/mol. The fourth-order valence-corrected chi connectivity index (χ4v) is 3.82. The minimum Gasteiger partial charge on any atom is -0.391 e. The van der Waals surface area contributed by atoms with Crippen LogP contribution in [0.1, 0.15) is 23.7 Å². The lowest BCUT2D eigenvalue weighted by Gasteiger charge is -2.21. The van der Waals surface area contributed by atoms with Crippen molar-refractivity contribution in [2.45, 2.75) is 26.2 Å². The number of benzene rings is 2. The molecule has 0 bridgehead atoms. The molecule has 7 heteroatoms. The highest BCUT2D eigenvalue weighted by Gasteiger charge is 2.25. The van der Waals surface area contributed by atoms with Crippen LogP contribution >= 0.6 is 11.6 Å². The van der Waals surface area contributed by atoms with Gasteiger partial charge in [-0.25, -0.2) is 14.3 Å². The molecular weight excluding hydrogens is 393 g/mol. The normalized spacial score (nSPS) is 12.2. The van der Waals surface area contributed by atoms with Crippen LogP contribution in [0.3, 0.4) is 0 Å². The number of rotatable bonds is 5. The van der Waals surface area contributed by atoms with Crippen LogP contribution in [0, 0.1) is 5.82 Å². The maximum atomic E-state index is 13.3. The molecule has 1 N–H and O–H groups in total. The molecule has 0 fully saturated rings. The molecule has 0 atom stereocenters. The highest BCUT2D eigenvalue weighted by molar-refractivity contribution is 6.30. The van der Waals surface area contributed by atoms with Crippen LogP contribution in [-0.2, 0) is 19.3 Å². The van der Waals surface area contributed by atoms with E-state index in [1.54, 1.807) is 17.0 Å². The van der Waals surface area contributed by atoms with E-state index in [9.17, 15) is 9.18 Å². The molecular formula is C22H21ClFN3O2. The van der Waals surface area contributed by atoms with E-state index in [1.165, 1.54) is 11.6 Å². The van der Waals surface area contributed by atoms with Gasteiger partial charge in [0, 0.05) is 13.1 Å².